The molecule has 0 unspecified atom stereocenters. The number of carbonyl (C=O) groups is 1. The van der Waals surface area contributed by atoms with E-state index in [1.165, 1.54) is 24.0 Å². The molecule has 0 N–H and O–H groups in total. The van der Waals surface area contributed by atoms with Gasteiger partial charge in [-0.2, -0.15) is 12.6 Å². The van der Waals surface area contributed by atoms with Crippen LogP contribution in [0, 0.1) is 0 Å². The van der Waals surface area contributed by atoms with Gasteiger partial charge in [-0.05, 0) is 40.5 Å². The van der Waals surface area contributed by atoms with E-state index in [2.05, 4.69) is 45.6 Å². The number of thiol groups is 1. The molecule has 0 rings (SSSR count). The lowest BCUT2D eigenvalue weighted by molar-refractivity contribution is -0.302. The average molecular weight is 229 g/mol. The van der Waals surface area contributed by atoms with E-state index in [0.717, 1.165) is 12.7 Å². The van der Waals surface area contributed by atoms with Crippen LogP contribution in [0.2, 0.25) is 0 Å². The molecular weight excluding hydrogens is 208 g/mol. The van der Waals surface area contributed by atoms with Crippen molar-refractivity contribution < 1.29 is 9.90 Å². The van der Waals surface area contributed by atoms with Gasteiger partial charge in [0.2, 0.25) is 0 Å². The molecule has 0 aliphatic rings. The maximum atomic E-state index is 8.89. The van der Waals surface area contributed by atoms with E-state index in [0.29, 0.717) is 0 Å². The number of carboxylic acid groups (broad SMARTS) is 1. The monoisotopic (exact) mass is 229 g/mol. The standard InChI is InChI=1S/C10H18S.C2H4O2/c1-9(2)5-4-6-10(3)7-8-11;1-2(3)4/h5,7,11H,4,6,8H2,1-3H3;1H3,(H,3,4)/p-1/b10-7+;. The molecular formula is C12H21O2S-. The molecule has 0 saturated heterocycles. The van der Waals surface area contributed by atoms with Crippen molar-refractivity contribution in [2.75, 3.05) is 5.75 Å². The Labute approximate surface area is 98.5 Å². The van der Waals surface area contributed by atoms with Crippen molar-refractivity contribution in [3.63, 3.8) is 0 Å². The Morgan fingerprint density at radius 3 is 2.00 bits per heavy atom. The highest BCUT2D eigenvalue weighted by atomic mass is 32.1. The van der Waals surface area contributed by atoms with Gasteiger partial charge in [-0.1, -0.05) is 23.3 Å². The molecule has 0 aliphatic heterocycles. The lowest BCUT2D eigenvalue weighted by Crippen LogP contribution is -2.16. The molecule has 0 amide bonds. The number of hydrogen-bond donors (Lipinski definition) is 1. The molecule has 0 heterocycles. The lowest BCUT2D eigenvalue weighted by Gasteiger charge is -1.96. The van der Waals surface area contributed by atoms with Crippen LogP contribution in [-0.4, -0.2) is 11.7 Å². The van der Waals surface area contributed by atoms with Crippen molar-refractivity contribution in [3.05, 3.63) is 23.3 Å². The molecule has 0 aliphatic carbocycles. The van der Waals surface area contributed by atoms with E-state index in [1.807, 2.05) is 0 Å². The van der Waals surface area contributed by atoms with Crippen molar-refractivity contribution in [1.29, 1.82) is 0 Å². The molecule has 15 heavy (non-hydrogen) atoms. The summed E-state index contributed by atoms with van der Waals surface area (Å²) >= 11 is 4.13. The minimum Gasteiger partial charge on any atom is -0.550 e. The molecule has 0 saturated carbocycles. The van der Waals surface area contributed by atoms with Crippen molar-refractivity contribution in [3.8, 4) is 0 Å². The van der Waals surface area contributed by atoms with Gasteiger partial charge in [0, 0.05) is 11.7 Å². The fourth-order valence-electron chi connectivity index (χ4n) is 0.846. The molecule has 0 aromatic carbocycles. The zero-order valence-corrected chi connectivity index (χ0v) is 10.9. The summed E-state index contributed by atoms with van der Waals surface area (Å²) in [5.74, 6) is -0.222. The topological polar surface area (TPSA) is 40.1 Å². The van der Waals surface area contributed by atoms with E-state index in [9.17, 15) is 0 Å². The quantitative estimate of drug-likeness (QED) is 0.594. The van der Waals surface area contributed by atoms with E-state index < -0.39 is 5.97 Å². The zero-order chi connectivity index (χ0) is 12.3. The van der Waals surface area contributed by atoms with Crippen molar-refractivity contribution in [2.24, 2.45) is 0 Å². The Bertz CT molecular complexity index is 222. The van der Waals surface area contributed by atoms with Crippen LogP contribution in [0.1, 0.15) is 40.5 Å². The maximum absolute atomic E-state index is 8.89. The summed E-state index contributed by atoms with van der Waals surface area (Å²) in [6.45, 7) is 7.41. The SMILES string of the molecule is CC(=O)[O-].CC(C)=CCC/C(C)=C/CS. The Kier molecular flexibility index (Phi) is 12.7. The van der Waals surface area contributed by atoms with Crippen LogP contribution in [0.15, 0.2) is 23.3 Å². The first-order chi connectivity index (χ1) is 6.90. The summed E-state index contributed by atoms with van der Waals surface area (Å²) in [5.41, 5.74) is 2.85. The van der Waals surface area contributed by atoms with Crippen LogP contribution >= 0.6 is 12.6 Å². The number of carboxylic acids is 1. The second kappa shape index (κ2) is 11.4. The molecule has 3 heteroatoms. The number of allylic oxidation sites excluding steroid dienone is 3. The smallest absolute Gasteiger partial charge is 0.0383 e. The Hall–Kier alpha value is -0.700. The summed E-state index contributed by atoms with van der Waals surface area (Å²) in [6.07, 6.45) is 6.78. The van der Waals surface area contributed by atoms with Gasteiger partial charge in [0.05, 0.1) is 0 Å². The van der Waals surface area contributed by atoms with Crippen molar-refractivity contribution in [1.82, 2.24) is 0 Å². The Balaban J connectivity index is 0. The normalized spacial score (nSPS) is 10.1. The first kappa shape index (κ1) is 16.7. The van der Waals surface area contributed by atoms with Crippen molar-refractivity contribution >= 4 is 18.6 Å². The summed E-state index contributed by atoms with van der Waals surface area (Å²) in [4.78, 5) is 8.89. The first-order valence-corrected chi connectivity index (χ1v) is 5.60. The van der Waals surface area contributed by atoms with Crippen molar-refractivity contribution in [2.45, 2.75) is 40.5 Å². The third-order valence-electron chi connectivity index (χ3n) is 1.53. The lowest BCUT2D eigenvalue weighted by atomic mass is 10.1. The molecule has 0 spiro atoms. The highest BCUT2D eigenvalue weighted by Crippen LogP contribution is 2.06. The second-order valence-corrected chi connectivity index (χ2v) is 3.91. The van der Waals surface area contributed by atoms with E-state index in [-0.39, 0.29) is 0 Å². The molecule has 0 aromatic rings. The fraction of sp³-hybridized carbons (Fsp3) is 0.583. The molecule has 0 bridgehead atoms. The predicted molar refractivity (Wildman–Crippen MR) is 67.0 cm³/mol. The van der Waals surface area contributed by atoms with Crippen LogP contribution < -0.4 is 5.11 Å². The molecule has 2 nitrogen and oxygen atoms in total. The summed E-state index contributed by atoms with van der Waals surface area (Å²) in [5, 5.41) is 8.89. The Morgan fingerprint density at radius 1 is 1.20 bits per heavy atom. The third-order valence-corrected chi connectivity index (χ3v) is 1.71. The van der Waals surface area contributed by atoms with Crippen LogP contribution in [0.5, 0.6) is 0 Å². The molecule has 0 aromatic heterocycles. The van der Waals surface area contributed by atoms with Gasteiger partial charge < -0.3 is 9.90 Å². The van der Waals surface area contributed by atoms with Gasteiger partial charge in [0.15, 0.2) is 0 Å². The van der Waals surface area contributed by atoms with Gasteiger partial charge in [-0.15, -0.1) is 0 Å². The van der Waals surface area contributed by atoms with Gasteiger partial charge >= 0.3 is 0 Å². The van der Waals surface area contributed by atoms with Crippen LogP contribution in [0.3, 0.4) is 0 Å². The number of aliphatic carboxylic acids is 1. The van der Waals surface area contributed by atoms with E-state index >= 15 is 0 Å². The Morgan fingerprint density at radius 2 is 1.67 bits per heavy atom. The highest BCUT2D eigenvalue weighted by molar-refractivity contribution is 7.80. The maximum Gasteiger partial charge on any atom is 0.0383 e. The molecule has 0 atom stereocenters. The fourth-order valence-corrected chi connectivity index (χ4v) is 1.16. The largest absolute Gasteiger partial charge is 0.550 e. The van der Waals surface area contributed by atoms with Crippen LogP contribution in [-0.2, 0) is 4.79 Å². The number of rotatable bonds is 4. The summed E-state index contributed by atoms with van der Waals surface area (Å²) in [6, 6.07) is 0. The van der Waals surface area contributed by atoms with Gasteiger partial charge in [0.25, 0.3) is 0 Å². The minimum atomic E-state index is -1.08. The van der Waals surface area contributed by atoms with Gasteiger partial charge in [0.1, 0.15) is 0 Å². The second-order valence-electron chi connectivity index (χ2n) is 3.54. The summed E-state index contributed by atoms with van der Waals surface area (Å²) < 4.78 is 0. The number of hydrogen-bond acceptors (Lipinski definition) is 3. The first-order valence-electron chi connectivity index (χ1n) is 4.97. The molecule has 0 fully saturated rings. The number of carbonyl (C=O) groups excluding carboxylic acids is 1. The molecule has 88 valence electrons. The third kappa shape index (κ3) is 24.7. The van der Waals surface area contributed by atoms with Gasteiger partial charge in [-0.3, -0.25) is 0 Å². The molecule has 0 radical (unpaired) electrons. The van der Waals surface area contributed by atoms with Crippen LogP contribution in [0.25, 0.3) is 0 Å². The van der Waals surface area contributed by atoms with E-state index in [4.69, 9.17) is 9.90 Å². The van der Waals surface area contributed by atoms with E-state index in [1.54, 1.807) is 0 Å². The predicted octanol–water partition coefficient (Wildman–Crippen LogP) is 2.37. The highest BCUT2D eigenvalue weighted by Gasteiger charge is 1.86. The zero-order valence-electron chi connectivity index (χ0n) is 10.0. The van der Waals surface area contributed by atoms with Gasteiger partial charge in [-0.25, -0.2) is 0 Å². The van der Waals surface area contributed by atoms with Crippen LogP contribution in [0.4, 0.5) is 0 Å². The average Bonchev–Trinajstić information content (AvgIpc) is 2.02. The minimum absolute atomic E-state index is 0.862. The summed E-state index contributed by atoms with van der Waals surface area (Å²) in [7, 11) is 0.